The van der Waals surface area contributed by atoms with Crippen LogP contribution in [0.25, 0.3) is 0 Å². The van der Waals surface area contributed by atoms with Crippen molar-refractivity contribution in [2.75, 3.05) is 0 Å². The van der Waals surface area contributed by atoms with Gasteiger partial charge in [0.2, 0.25) is 0 Å². The molecule has 0 aromatic heterocycles. The first-order valence-corrected chi connectivity index (χ1v) is 5.57. The Morgan fingerprint density at radius 2 is 1.42 bits per heavy atom. The number of halogens is 1. The second-order valence-electron chi connectivity index (χ2n) is 3.13. The van der Waals surface area contributed by atoms with Crippen LogP contribution in [0.1, 0.15) is 38.5 Å². The Morgan fingerprint density at radius 1 is 1.00 bits per heavy atom. The van der Waals surface area contributed by atoms with Gasteiger partial charge in [-0.15, -0.1) is 12.4 Å². The molecular weight excluding hydrogens is 200 g/mol. The Bertz CT molecular complexity index is 205. The average Bonchev–Trinajstić information content (AvgIpc) is 2.10. The van der Waals surface area contributed by atoms with Crippen LogP contribution in [0.2, 0.25) is 0 Å². The lowest BCUT2D eigenvalue weighted by Crippen LogP contribution is -2.19. The minimum atomic E-state index is -3.75. The van der Waals surface area contributed by atoms with Crippen molar-refractivity contribution in [2.24, 2.45) is 0 Å². The summed E-state index contributed by atoms with van der Waals surface area (Å²) in [5.41, 5.74) is 0. The van der Waals surface area contributed by atoms with Crippen molar-refractivity contribution in [3.8, 4) is 0 Å². The van der Waals surface area contributed by atoms with Gasteiger partial charge in [-0.05, 0) is 12.8 Å². The third kappa shape index (κ3) is 3.74. The maximum atomic E-state index is 10.7. The van der Waals surface area contributed by atoms with Gasteiger partial charge in [0.1, 0.15) is 0 Å². The zero-order chi connectivity index (χ0) is 8.32. The van der Waals surface area contributed by atoms with Gasteiger partial charge in [-0.3, -0.25) is 4.55 Å². The second-order valence-corrected chi connectivity index (χ2v) is 4.83. The molecule has 0 amide bonds. The van der Waals surface area contributed by atoms with Crippen molar-refractivity contribution in [1.82, 2.24) is 0 Å². The van der Waals surface area contributed by atoms with Gasteiger partial charge in [-0.2, -0.15) is 8.42 Å². The van der Waals surface area contributed by atoms with Crippen LogP contribution in [0.3, 0.4) is 0 Å². The van der Waals surface area contributed by atoms with Crippen LogP contribution in [0.15, 0.2) is 0 Å². The predicted octanol–water partition coefficient (Wildman–Crippen LogP) is 2.02. The monoisotopic (exact) mass is 214 g/mol. The lowest BCUT2D eigenvalue weighted by Gasteiger charge is -2.08. The quantitative estimate of drug-likeness (QED) is 0.537. The molecule has 1 rings (SSSR count). The van der Waals surface area contributed by atoms with Gasteiger partial charge in [0.15, 0.2) is 0 Å². The molecule has 0 heterocycles. The van der Waals surface area contributed by atoms with E-state index in [1.165, 1.54) is 0 Å². The van der Waals surface area contributed by atoms with Crippen molar-refractivity contribution in [2.45, 2.75) is 43.8 Å². The fourth-order valence-electron chi connectivity index (χ4n) is 1.54. The molecule has 0 aromatic carbocycles. The minimum Gasteiger partial charge on any atom is -0.285 e. The minimum absolute atomic E-state index is 0. The van der Waals surface area contributed by atoms with Crippen molar-refractivity contribution in [3.05, 3.63) is 0 Å². The molecule has 1 saturated carbocycles. The largest absolute Gasteiger partial charge is 0.285 e. The SMILES string of the molecule is Cl.O=S(=O)(O)C1CCCCCC1. The van der Waals surface area contributed by atoms with Crippen LogP contribution in [0, 0.1) is 0 Å². The smallest absolute Gasteiger partial charge is 0.267 e. The maximum absolute atomic E-state index is 10.7. The molecule has 5 heteroatoms. The standard InChI is InChI=1S/C7H14O3S.ClH/c8-11(9,10)7-5-3-1-2-4-6-7;/h7H,1-6H2,(H,8,9,10);1H. The fraction of sp³-hybridized carbons (Fsp3) is 1.00. The summed E-state index contributed by atoms with van der Waals surface area (Å²) in [5, 5.41) is -0.481. The zero-order valence-electron chi connectivity index (χ0n) is 6.90. The molecule has 0 aliphatic heterocycles. The lowest BCUT2D eigenvalue weighted by atomic mass is 10.2. The van der Waals surface area contributed by atoms with Crippen molar-refractivity contribution in [3.63, 3.8) is 0 Å². The summed E-state index contributed by atoms with van der Waals surface area (Å²) in [5.74, 6) is 0. The Balaban J connectivity index is 0.00000121. The van der Waals surface area contributed by atoms with Gasteiger partial charge in [0.25, 0.3) is 10.1 Å². The summed E-state index contributed by atoms with van der Waals surface area (Å²) in [6.07, 6.45) is 5.35. The maximum Gasteiger partial charge on any atom is 0.267 e. The molecule has 0 spiro atoms. The van der Waals surface area contributed by atoms with Gasteiger partial charge in [-0.25, -0.2) is 0 Å². The van der Waals surface area contributed by atoms with E-state index in [9.17, 15) is 8.42 Å². The highest BCUT2D eigenvalue weighted by Gasteiger charge is 2.23. The second kappa shape index (κ2) is 5.04. The molecule has 1 N–H and O–H groups in total. The number of hydrogen-bond donors (Lipinski definition) is 1. The van der Waals surface area contributed by atoms with Gasteiger partial charge >= 0.3 is 0 Å². The van der Waals surface area contributed by atoms with E-state index in [1.807, 2.05) is 0 Å². The van der Waals surface area contributed by atoms with Gasteiger partial charge in [0.05, 0.1) is 5.25 Å². The Morgan fingerprint density at radius 3 is 1.75 bits per heavy atom. The molecule has 1 fully saturated rings. The topological polar surface area (TPSA) is 54.4 Å². The Labute approximate surface area is 79.7 Å². The van der Waals surface area contributed by atoms with E-state index in [4.69, 9.17) is 4.55 Å². The molecule has 3 nitrogen and oxygen atoms in total. The van der Waals surface area contributed by atoms with Crippen LogP contribution in [-0.2, 0) is 10.1 Å². The highest BCUT2D eigenvalue weighted by molar-refractivity contribution is 7.86. The molecule has 1 aliphatic carbocycles. The summed E-state index contributed by atoms with van der Waals surface area (Å²) < 4.78 is 30.1. The zero-order valence-corrected chi connectivity index (χ0v) is 8.53. The van der Waals surface area contributed by atoms with Crippen molar-refractivity contribution >= 4 is 22.5 Å². The van der Waals surface area contributed by atoms with Crippen LogP contribution >= 0.6 is 12.4 Å². The molecule has 0 aromatic rings. The lowest BCUT2D eigenvalue weighted by molar-refractivity contribution is 0.457. The van der Waals surface area contributed by atoms with Crippen LogP contribution in [0.5, 0.6) is 0 Å². The van der Waals surface area contributed by atoms with Crippen LogP contribution < -0.4 is 0 Å². The van der Waals surface area contributed by atoms with E-state index in [2.05, 4.69) is 0 Å². The molecule has 12 heavy (non-hydrogen) atoms. The first kappa shape index (κ1) is 12.2. The summed E-state index contributed by atoms with van der Waals surface area (Å²) in [4.78, 5) is 0. The van der Waals surface area contributed by atoms with Gasteiger partial charge in [-0.1, -0.05) is 25.7 Å². The van der Waals surface area contributed by atoms with Gasteiger partial charge in [0, 0.05) is 0 Å². The molecule has 0 unspecified atom stereocenters. The summed E-state index contributed by atoms with van der Waals surface area (Å²) >= 11 is 0. The first-order chi connectivity index (χ1) is 5.11. The van der Waals surface area contributed by atoms with Crippen LogP contribution in [-0.4, -0.2) is 18.2 Å². The van der Waals surface area contributed by atoms with Crippen LogP contribution in [0.4, 0.5) is 0 Å². The van der Waals surface area contributed by atoms with E-state index in [0.717, 1.165) is 25.7 Å². The number of rotatable bonds is 1. The first-order valence-electron chi connectivity index (χ1n) is 4.07. The van der Waals surface area contributed by atoms with E-state index in [0.29, 0.717) is 12.8 Å². The predicted molar refractivity (Wildman–Crippen MR) is 50.3 cm³/mol. The Kier molecular flexibility index (Phi) is 5.13. The molecule has 0 atom stereocenters. The fourth-order valence-corrected chi connectivity index (χ4v) is 2.47. The third-order valence-corrected chi connectivity index (χ3v) is 3.54. The average molecular weight is 215 g/mol. The van der Waals surface area contributed by atoms with Gasteiger partial charge < -0.3 is 0 Å². The highest BCUT2D eigenvalue weighted by Crippen LogP contribution is 2.21. The van der Waals surface area contributed by atoms with Crippen molar-refractivity contribution < 1.29 is 13.0 Å². The molecule has 0 bridgehead atoms. The van der Waals surface area contributed by atoms with E-state index >= 15 is 0 Å². The third-order valence-electron chi connectivity index (χ3n) is 2.22. The molecule has 0 saturated heterocycles. The molecular formula is C7H15ClO3S. The molecule has 0 radical (unpaired) electrons. The summed E-state index contributed by atoms with van der Waals surface area (Å²) in [7, 11) is -3.75. The number of hydrogen-bond acceptors (Lipinski definition) is 2. The normalized spacial score (nSPS) is 21.1. The summed E-state index contributed by atoms with van der Waals surface area (Å²) in [6, 6.07) is 0. The molecule has 74 valence electrons. The van der Waals surface area contributed by atoms with E-state index in [-0.39, 0.29) is 12.4 Å². The van der Waals surface area contributed by atoms with E-state index in [1.54, 1.807) is 0 Å². The summed E-state index contributed by atoms with van der Waals surface area (Å²) in [6.45, 7) is 0. The van der Waals surface area contributed by atoms with E-state index < -0.39 is 15.4 Å². The molecule has 1 aliphatic rings. The highest BCUT2D eigenvalue weighted by atomic mass is 35.5. The van der Waals surface area contributed by atoms with Crippen molar-refractivity contribution in [1.29, 1.82) is 0 Å². The Hall–Kier alpha value is 0.200.